The first-order chi connectivity index (χ1) is 13.3. The number of H-pyrrole nitrogens is 1. The van der Waals surface area contributed by atoms with Gasteiger partial charge in [-0.25, -0.2) is 0 Å². The summed E-state index contributed by atoms with van der Waals surface area (Å²) >= 11 is 0. The molecule has 2 heterocycles. The Morgan fingerprint density at radius 1 is 1.32 bits per heavy atom. The fraction of sp³-hybridized carbons (Fsp3) is 0.476. The number of nitrogens with one attached hydrogen (secondary N) is 2. The predicted molar refractivity (Wildman–Crippen MR) is 106 cm³/mol. The van der Waals surface area contributed by atoms with Crippen molar-refractivity contribution in [2.24, 2.45) is 5.41 Å². The number of amides is 2. The summed E-state index contributed by atoms with van der Waals surface area (Å²) in [5, 5.41) is 20.1. The number of aromatic amines is 1. The Balaban J connectivity index is 1.42. The number of aliphatic hydroxyl groups excluding tert-OH is 1. The smallest absolute Gasteiger partial charge is 0.256 e. The summed E-state index contributed by atoms with van der Waals surface area (Å²) in [5.74, 6) is 0.338. The highest BCUT2D eigenvalue weighted by Gasteiger charge is 2.45. The van der Waals surface area contributed by atoms with Crippen LogP contribution in [0.3, 0.4) is 0 Å². The highest BCUT2D eigenvalue weighted by molar-refractivity contribution is 6.00. The number of carbonyl (C=O) groups excluding carboxylic acids is 2. The van der Waals surface area contributed by atoms with Gasteiger partial charge in [0.05, 0.1) is 5.92 Å². The van der Waals surface area contributed by atoms with Crippen LogP contribution in [0.25, 0.3) is 0 Å². The molecule has 1 aromatic heterocycles. The monoisotopic (exact) mass is 382 g/mol. The van der Waals surface area contributed by atoms with Crippen molar-refractivity contribution in [1.29, 1.82) is 0 Å². The molecule has 0 spiro atoms. The van der Waals surface area contributed by atoms with Gasteiger partial charge in [-0.2, -0.15) is 5.10 Å². The van der Waals surface area contributed by atoms with Crippen molar-refractivity contribution >= 4 is 23.3 Å². The van der Waals surface area contributed by atoms with Gasteiger partial charge in [-0.05, 0) is 37.5 Å². The third-order valence-electron chi connectivity index (χ3n) is 5.77. The van der Waals surface area contributed by atoms with Gasteiger partial charge in [0.25, 0.3) is 5.91 Å². The van der Waals surface area contributed by atoms with Crippen molar-refractivity contribution in [2.45, 2.75) is 51.6 Å². The molecule has 7 nitrogen and oxygen atoms in total. The lowest BCUT2D eigenvalue weighted by Crippen LogP contribution is -2.30. The Labute approximate surface area is 164 Å². The van der Waals surface area contributed by atoms with Crippen LogP contribution in [0.1, 0.15) is 56.7 Å². The van der Waals surface area contributed by atoms with E-state index >= 15 is 0 Å². The molecule has 2 aromatic rings. The number of benzene rings is 1. The predicted octanol–water partition coefficient (Wildman–Crippen LogP) is 2.76. The minimum atomic E-state index is -0.994. The van der Waals surface area contributed by atoms with Gasteiger partial charge in [0.2, 0.25) is 5.91 Å². The van der Waals surface area contributed by atoms with Gasteiger partial charge in [-0.15, -0.1) is 0 Å². The van der Waals surface area contributed by atoms with Gasteiger partial charge in [-0.3, -0.25) is 14.7 Å². The Morgan fingerprint density at radius 3 is 2.57 bits per heavy atom. The van der Waals surface area contributed by atoms with Gasteiger partial charge in [0.15, 0.2) is 5.82 Å². The summed E-state index contributed by atoms with van der Waals surface area (Å²) in [4.78, 5) is 26.5. The molecule has 2 unspecified atom stereocenters. The first kappa shape index (κ1) is 18.7. The van der Waals surface area contributed by atoms with Gasteiger partial charge >= 0.3 is 0 Å². The zero-order valence-electron chi connectivity index (χ0n) is 16.4. The summed E-state index contributed by atoms with van der Waals surface area (Å²) < 4.78 is 0. The number of rotatable bonds is 5. The van der Waals surface area contributed by atoms with E-state index in [-0.39, 0.29) is 17.7 Å². The summed E-state index contributed by atoms with van der Waals surface area (Å²) in [5.41, 5.74) is 2.18. The Kier molecular flexibility index (Phi) is 4.50. The average molecular weight is 382 g/mol. The molecule has 148 valence electrons. The standard InChI is InChI=1S/C21H26N4O3/c1-12(19(27)22-17-10-16(23-24-17)14-4-5-14)13-6-8-15(9-7-13)25-11-21(2,3)18(26)20(25)28/h6-10,12,14,18,26H,4-5,11H2,1-3H3,(H2,22,23,24,27). The summed E-state index contributed by atoms with van der Waals surface area (Å²) in [6.07, 6.45) is 1.35. The van der Waals surface area contributed by atoms with Crippen LogP contribution in [-0.4, -0.2) is 39.8 Å². The van der Waals surface area contributed by atoms with Crippen molar-refractivity contribution in [1.82, 2.24) is 10.2 Å². The highest BCUT2D eigenvalue weighted by atomic mass is 16.3. The number of aromatic nitrogens is 2. The lowest BCUT2D eigenvalue weighted by molar-refractivity contribution is -0.126. The van der Waals surface area contributed by atoms with Crippen molar-refractivity contribution < 1.29 is 14.7 Å². The lowest BCUT2D eigenvalue weighted by atomic mass is 9.90. The molecule has 7 heteroatoms. The number of nitrogens with zero attached hydrogens (tertiary/aromatic N) is 2. The van der Waals surface area contributed by atoms with E-state index in [1.807, 2.05) is 51.1 Å². The van der Waals surface area contributed by atoms with Crippen LogP contribution in [0.5, 0.6) is 0 Å². The molecule has 1 aromatic carbocycles. The molecule has 2 atom stereocenters. The molecule has 1 saturated carbocycles. The highest BCUT2D eigenvalue weighted by Crippen LogP contribution is 2.39. The van der Waals surface area contributed by atoms with Gasteiger partial charge < -0.3 is 15.3 Å². The van der Waals surface area contributed by atoms with Crippen LogP contribution in [0.4, 0.5) is 11.5 Å². The van der Waals surface area contributed by atoms with Crippen molar-refractivity contribution in [2.75, 3.05) is 16.8 Å². The van der Waals surface area contributed by atoms with Gasteiger partial charge in [0.1, 0.15) is 6.10 Å². The van der Waals surface area contributed by atoms with Crippen molar-refractivity contribution in [3.63, 3.8) is 0 Å². The summed E-state index contributed by atoms with van der Waals surface area (Å²) in [7, 11) is 0. The molecule has 1 aliphatic heterocycles. The molecule has 2 amide bonds. The maximum atomic E-state index is 12.6. The summed E-state index contributed by atoms with van der Waals surface area (Å²) in [6.45, 7) is 6.05. The van der Waals surface area contributed by atoms with Crippen LogP contribution in [-0.2, 0) is 9.59 Å². The van der Waals surface area contributed by atoms with E-state index in [1.54, 1.807) is 4.90 Å². The molecule has 1 aliphatic carbocycles. The van der Waals surface area contributed by atoms with Crippen LogP contribution in [0, 0.1) is 5.41 Å². The Bertz CT molecular complexity index is 899. The third-order valence-corrected chi connectivity index (χ3v) is 5.77. The zero-order chi connectivity index (χ0) is 20.1. The first-order valence-electron chi connectivity index (χ1n) is 9.72. The number of anilines is 2. The summed E-state index contributed by atoms with van der Waals surface area (Å²) in [6, 6.07) is 9.25. The molecule has 4 rings (SSSR count). The molecular formula is C21H26N4O3. The lowest BCUT2D eigenvalue weighted by Gasteiger charge is -2.20. The molecule has 1 saturated heterocycles. The van der Waals surface area contributed by atoms with E-state index in [0.29, 0.717) is 18.3 Å². The number of aliphatic hydroxyl groups is 1. The maximum Gasteiger partial charge on any atom is 0.256 e. The van der Waals surface area contributed by atoms with Crippen LogP contribution < -0.4 is 10.2 Å². The molecule has 3 N–H and O–H groups in total. The molecule has 2 fully saturated rings. The largest absolute Gasteiger partial charge is 0.383 e. The average Bonchev–Trinajstić information content (AvgIpc) is 3.39. The van der Waals surface area contributed by atoms with E-state index in [1.165, 1.54) is 12.8 Å². The minimum absolute atomic E-state index is 0.129. The Hall–Kier alpha value is -2.67. The van der Waals surface area contributed by atoms with E-state index < -0.39 is 11.5 Å². The van der Waals surface area contributed by atoms with Crippen LogP contribution in [0.15, 0.2) is 30.3 Å². The number of hydrogen-bond acceptors (Lipinski definition) is 4. The van der Waals surface area contributed by atoms with Crippen molar-refractivity contribution in [3.05, 3.63) is 41.6 Å². The minimum Gasteiger partial charge on any atom is -0.383 e. The molecule has 28 heavy (non-hydrogen) atoms. The normalized spacial score (nSPS) is 22.4. The fourth-order valence-corrected chi connectivity index (χ4v) is 3.61. The second-order valence-corrected chi connectivity index (χ2v) is 8.60. The van der Waals surface area contributed by atoms with Gasteiger partial charge in [-0.1, -0.05) is 26.0 Å². The molecular weight excluding hydrogens is 356 g/mol. The first-order valence-corrected chi connectivity index (χ1v) is 9.72. The zero-order valence-corrected chi connectivity index (χ0v) is 16.4. The fourth-order valence-electron chi connectivity index (χ4n) is 3.61. The van der Waals surface area contributed by atoms with E-state index in [9.17, 15) is 14.7 Å². The van der Waals surface area contributed by atoms with Gasteiger partial charge in [0, 0.05) is 35.3 Å². The SMILES string of the molecule is CC(C(=O)Nc1cc(C2CC2)[nH]n1)c1ccc(N2CC(C)(C)C(O)C2=O)cc1. The van der Waals surface area contributed by atoms with E-state index in [2.05, 4.69) is 15.5 Å². The quantitative estimate of drug-likeness (QED) is 0.740. The molecule has 0 bridgehead atoms. The van der Waals surface area contributed by atoms with Crippen molar-refractivity contribution in [3.8, 4) is 0 Å². The van der Waals surface area contributed by atoms with E-state index in [4.69, 9.17) is 0 Å². The maximum absolute atomic E-state index is 12.6. The van der Waals surface area contributed by atoms with Crippen LogP contribution in [0.2, 0.25) is 0 Å². The number of carbonyl (C=O) groups is 2. The molecule has 2 aliphatic rings. The Morgan fingerprint density at radius 2 is 2.00 bits per heavy atom. The topological polar surface area (TPSA) is 98.3 Å². The van der Waals surface area contributed by atoms with Crippen LogP contribution >= 0.6 is 0 Å². The third kappa shape index (κ3) is 3.42. The number of hydrogen-bond donors (Lipinski definition) is 3. The van der Waals surface area contributed by atoms with E-state index in [0.717, 1.165) is 16.9 Å². The second kappa shape index (κ2) is 6.74. The second-order valence-electron chi connectivity index (χ2n) is 8.60. The molecule has 0 radical (unpaired) electrons.